The van der Waals surface area contributed by atoms with Crippen LogP contribution >= 0.6 is 0 Å². The molecule has 21 heavy (non-hydrogen) atoms. The number of anilines is 1. The highest BCUT2D eigenvalue weighted by molar-refractivity contribution is 7.88. The predicted octanol–water partition coefficient (Wildman–Crippen LogP) is 1.82. The van der Waals surface area contributed by atoms with Gasteiger partial charge in [0, 0.05) is 18.3 Å². The third kappa shape index (κ3) is 5.76. The van der Waals surface area contributed by atoms with Gasteiger partial charge in [-0.05, 0) is 18.1 Å². The molecule has 1 amide bonds. The van der Waals surface area contributed by atoms with Gasteiger partial charge in [0.1, 0.15) is 0 Å². The summed E-state index contributed by atoms with van der Waals surface area (Å²) in [4.78, 5) is 11.8. The van der Waals surface area contributed by atoms with Crippen molar-refractivity contribution in [1.29, 1.82) is 0 Å². The van der Waals surface area contributed by atoms with Gasteiger partial charge in [-0.1, -0.05) is 13.8 Å². The molecule has 0 aliphatic rings. The van der Waals surface area contributed by atoms with Crippen molar-refractivity contribution < 1.29 is 22.0 Å². The summed E-state index contributed by atoms with van der Waals surface area (Å²) >= 11 is 0. The van der Waals surface area contributed by atoms with Crippen LogP contribution < -0.4 is 5.32 Å². The zero-order valence-corrected chi connectivity index (χ0v) is 12.9. The lowest BCUT2D eigenvalue weighted by Gasteiger charge is -2.21. The highest BCUT2D eigenvalue weighted by Gasteiger charge is 2.21. The average molecular weight is 320 g/mol. The highest BCUT2D eigenvalue weighted by Crippen LogP contribution is 2.13. The summed E-state index contributed by atoms with van der Waals surface area (Å²) in [5.74, 6) is -2.68. The topological polar surface area (TPSA) is 66.5 Å². The quantitative estimate of drug-likeness (QED) is 0.869. The van der Waals surface area contributed by atoms with E-state index in [-0.39, 0.29) is 24.7 Å². The third-order valence-electron chi connectivity index (χ3n) is 2.56. The molecule has 0 fully saturated rings. The molecule has 0 aliphatic carbocycles. The molecule has 1 aromatic rings. The molecule has 0 saturated heterocycles. The summed E-state index contributed by atoms with van der Waals surface area (Å²) < 4.78 is 50.0. The standard InChI is InChI=1S/C13H18F2N2O3S/c1-9(2)7-17(21(3,19)20)8-13(18)16-10-4-5-11(14)12(15)6-10/h4-6,9H,7-8H2,1-3H3,(H,16,18). The first-order chi connectivity index (χ1) is 9.59. The molecule has 8 heteroatoms. The fourth-order valence-corrected chi connectivity index (χ4v) is 2.58. The normalized spacial score (nSPS) is 12.0. The first-order valence-corrected chi connectivity index (χ1v) is 8.14. The van der Waals surface area contributed by atoms with E-state index in [1.54, 1.807) is 0 Å². The maximum absolute atomic E-state index is 13.0. The number of halogens is 2. The minimum absolute atomic E-state index is 0.0517. The Labute approximate surface area is 123 Å². The minimum Gasteiger partial charge on any atom is -0.325 e. The van der Waals surface area contributed by atoms with Crippen LogP contribution in [-0.4, -0.2) is 38.0 Å². The first-order valence-electron chi connectivity index (χ1n) is 6.29. The smallest absolute Gasteiger partial charge is 0.239 e. The molecule has 0 heterocycles. The van der Waals surface area contributed by atoms with Crippen molar-refractivity contribution in [3.05, 3.63) is 29.8 Å². The molecule has 0 atom stereocenters. The summed E-state index contributed by atoms with van der Waals surface area (Å²) in [6.07, 6.45) is 1.01. The number of nitrogens with zero attached hydrogens (tertiary/aromatic N) is 1. The van der Waals surface area contributed by atoms with E-state index in [0.717, 1.165) is 22.7 Å². The van der Waals surface area contributed by atoms with Gasteiger partial charge in [0.2, 0.25) is 15.9 Å². The van der Waals surface area contributed by atoms with E-state index in [1.165, 1.54) is 6.07 Å². The van der Waals surface area contributed by atoms with Crippen molar-refractivity contribution in [3.8, 4) is 0 Å². The minimum atomic E-state index is -3.52. The molecular formula is C13H18F2N2O3S. The summed E-state index contributed by atoms with van der Waals surface area (Å²) in [5.41, 5.74) is 0.0666. The van der Waals surface area contributed by atoms with E-state index < -0.39 is 27.6 Å². The maximum Gasteiger partial charge on any atom is 0.239 e. The first kappa shape index (κ1) is 17.5. The fraction of sp³-hybridized carbons (Fsp3) is 0.462. The number of hydrogen-bond donors (Lipinski definition) is 1. The Morgan fingerprint density at radius 3 is 2.38 bits per heavy atom. The van der Waals surface area contributed by atoms with Gasteiger partial charge in [0.25, 0.3) is 0 Å². The van der Waals surface area contributed by atoms with E-state index in [4.69, 9.17) is 0 Å². The Hall–Kier alpha value is -1.54. The number of benzene rings is 1. The second-order valence-electron chi connectivity index (χ2n) is 5.13. The molecule has 0 radical (unpaired) electrons. The van der Waals surface area contributed by atoms with Gasteiger partial charge in [-0.2, -0.15) is 4.31 Å². The van der Waals surface area contributed by atoms with Crippen LogP contribution in [0.5, 0.6) is 0 Å². The van der Waals surface area contributed by atoms with E-state index in [0.29, 0.717) is 0 Å². The third-order valence-corrected chi connectivity index (χ3v) is 3.78. The molecular weight excluding hydrogens is 302 g/mol. The Morgan fingerprint density at radius 1 is 1.29 bits per heavy atom. The maximum atomic E-state index is 13.0. The van der Waals surface area contributed by atoms with Crippen molar-refractivity contribution >= 4 is 21.6 Å². The van der Waals surface area contributed by atoms with Crippen LogP contribution in [0.15, 0.2) is 18.2 Å². The molecule has 0 bridgehead atoms. The van der Waals surface area contributed by atoms with Gasteiger partial charge >= 0.3 is 0 Å². The number of carbonyl (C=O) groups is 1. The monoisotopic (exact) mass is 320 g/mol. The van der Waals surface area contributed by atoms with Crippen molar-refractivity contribution in [2.45, 2.75) is 13.8 Å². The van der Waals surface area contributed by atoms with Crippen LogP contribution in [0.1, 0.15) is 13.8 Å². The molecule has 1 rings (SSSR count). The van der Waals surface area contributed by atoms with E-state index >= 15 is 0 Å². The van der Waals surface area contributed by atoms with Crippen LogP contribution in [0.4, 0.5) is 14.5 Å². The molecule has 118 valence electrons. The van der Waals surface area contributed by atoms with Crippen molar-refractivity contribution in [3.63, 3.8) is 0 Å². The Morgan fingerprint density at radius 2 is 1.90 bits per heavy atom. The lowest BCUT2D eigenvalue weighted by atomic mass is 10.2. The summed E-state index contributed by atoms with van der Waals surface area (Å²) in [5, 5.41) is 2.33. The molecule has 0 spiro atoms. The number of rotatable bonds is 6. The molecule has 0 aliphatic heterocycles. The van der Waals surface area contributed by atoms with Crippen LogP contribution in [0.25, 0.3) is 0 Å². The van der Waals surface area contributed by atoms with Gasteiger partial charge in [-0.25, -0.2) is 17.2 Å². The van der Waals surface area contributed by atoms with Crippen molar-refractivity contribution in [2.75, 3.05) is 24.7 Å². The summed E-state index contributed by atoms with van der Waals surface area (Å²) in [6, 6.07) is 2.91. The molecule has 1 N–H and O–H groups in total. The Balaban J connectivity index is 2.76. The van der Waals surface area contributed by atoms with E-state index in [1.807, 2.05) is 13.8 Å². The molecule has 0 saturated carbocycles. The lowest BCUT2D eigenvalue weighted by molar-refractivity contribution is -0.116. The van der Waals surface area contributed by atoms with Crippen LogP contribution in [0.2, 0.25) is 0 Å². The number of amides is 1. The Kier molecular flexibility index (Phi) is 5.79. The van der Waals surface area contributed by atoms with Gasteiger partial charge in [0.05, 0.1) is 12.8 Å². The summed E-state index contributed by atoms with van der Waals surface area (Å²) in [7, 11) is -3.52. The van der Waals surface area contributed by atoms with Gasteiger partial charge in [0.15, 0.2) is 11.6 Å². The molecule has 0 unspecified atom stereocenters. The van der Waals surface area contributed by atoms with Crippen LogP contribution in [0, 0.1) is 17.6 Å². The van der Waals surface area contributed by atoms with Crippen molar-refractivity contribution in [1.82, 2.24) is 4.31 Å². The number of hydrogen-bond acceptors (Lipinski definition) is 3. The second kappa shape index (κ2) is 6.95. The van der Waals surface area contributed by atoms with Crippen LogP contribution in [-0.2, 0) is 14.8 Å². The number of carbonyl (C=O) groups excluding carboxylic acids is 1. The fourth-order valence-electron chi connectivity index (χ4n) is 1.66. The van der Waals surface area contributed by atoms with Gasteiger partial charge in [-0.3, -0.25) is 4.79 Å². The predicted molar refractivity (Wildman–Crippen MR) is 76.2 cm³/mol. The number of nitrogens with one attached hydrogen (secondary N) is 1. The lowest BCUT2D eigenvalue weighted by Crippen LogP contribution is -2.39. The number of sulfonamides is 1. The average Bonchev–Trinajstić information content (AvgIpc) is 2.31. The molecule has 5 nitrogen and oxygen atoms in total. The highest BCUT2D eigenvalue weighted by atomic mass is 32.2. The zero-order valence-electron chi connectivity index (χ0n) is 12.1. The summed E-state index contributed by atoms with van der Waals surface area (Å²) in [6.45, 7) is 3.47. The largest absolute Gasteiger partial charge is 0.325 e. The molecule has 1 aromatic carbocycles. The van der Waals surface area contributed by atoms with Crippen molar-refractivity contribution in [2.24, 2.45) is 5.92 Å². The van der Waals surface area contributed by atoms with Gasteiger partial charge < -0.3 is 5.32 Å². The zero-order chi connectivity index (χ0) is 16.2. The Bertz CT molecular complexity index is 618. The van der Waals surface area contributed by atoms with E-state index in [9.17, 15) is 22.0 Å². The van der Waals surface area contributed by atoms with Gasteiger partial charge in [-0.15, -0.1) is 0 Å². The SMILES string of the molecule is CC(C)CN(CC(=O)Nc1ccc(F)c(F)c1)S(C)(=O)=O. The van der Waals surface area contributed by atoms with E-state index in [2.05, 4.69) is 5.32 Å². The second-order valence-corrected chi connectivity index (χ2v) is 7.11. The van der Waals surface area contributed by atoms with Crippen LogP contribution in [0.3, 0.4) is 0 Å². The molecule has 0 aromatic heterocycles.